The number of nitrogens with zero attached hydrogens (tertiary/aromatic N) is 2. The predicted octanol–water partition coefficient (Wildman–Crippen LogP) is 1.00. The second-order valence-corrected chi connectivity index (χ2v) is 5.00. The number of likely N-dealkylation sites (N-methyl/N-ethyl adjacent to an activating group) is 1. The molecule has 2 rings (SSSR count). The minimum absolute atomic E-state index is 0.139. The lowest BCUT2D eigenvalue weighted by Gasteiger charge is -2.15. The summed E-state index contributed by atoms with van der Waals surface area (Å²) in [5.41, 5.74) is 5.93. The third kappa shape index (κ3) is 3.45. The van der Waals surface area contributed by atoms with E-state index in [2.05, 4.69) is 10.2 Å². The van der Waals surface area contributed by atoms with E-state index in [0.717, 1.165) is 6.54 Å². The molecule has 0 bridgehead atoms. The fourth-order valence-corrected chi connectivity index (χ4v) is 1.99. The molecule has 7 heteroatoms. The molecule has 1 fully saturated rings. The van der Waals surface area contributed by atoms with Crippen LogP contribution in [0.3, 0.4) is 0 Å². The van der Waals surface area contributed by atoms with Gasteiger partial charge in [0.1, 0.15) is 0 Å². The van der Waals surface area contributed by atoms with Crippen molar-refractivity contribution in [3.63, 3.8) is 0 Å². The smallest absolute Gasteiger partial charge is 0.270 e. The summed E-state index contributed by atoms with van der Waals surface area (Å²) in [6, 6.07) is 4.50. The number of rotatable bonds is 6. The number of nitrogens with one attached hydrogen (secondary N) is 1. The normalized spacial score (nSPS) is 14.3. The lowest BCUT2D eigenvalue weighted by Crippen LogP contribution is -2.34. The lowest BCUT2D eigenvalue weighted by molar-refractivity contribution is -0.384. The summed E-state index contributed by atoms with van der Waals surface area (Å²) in [7, 11) is 2.02. The van der Waals surface area contributed by atoms with Crippen LogP contribution in [0.25, 0.3) is 0 Å². The van der Waals surface area contributed by atoms with Crippen LogP contribution in [0.15, 0.2) is 18.2 Å². The first-order chi connectivity index (χ1) is 9.49. The Morgan fingerprint density at radius 1 is 1.55 bits per heavy atom. The van der Waals surface area contributed by atoms with E-state index in [1.807, 2.05) is 7.05 Å². The van der Waals surface area contributed by atoms with E-state index in [4.69, 9.17) is 5.73 Å². The Bertz CT molecular complexity index is 528. The Hall–Kier alpha value is -2.15. The summed E-state index contributed by atoms with van der Waals surface area (Å²) >= 11 is 0. The average molecular weight is 278 g/mol. The second kappa shape index (κ2) is 5.87. The minimum atomic E-state index is -0.545. The Morgan fingerprint density at radius 3 is 2.85 bits per heavy atom. The van der Waals surface area contributed by atoms with Gasteiger partial charge in [-0.3, -0.25) is 14.9 Å². The van der Waals surface area contributed by atoms with Crippen molar-refractivity contribution in [3.05, 3.63) is 33.9 Å². The zero-order valence-electron chi connectivity index (χ0n) is 11.3. The van der Waals surface area contributed by atoms with Crippen LogP contribution in [-0.2, 0) is 0 Å². The summed E-state index contributed by atoms with van der Waals surface area (Å²) < 4.78 is 0. The van der Waals surface area contributed by atoms with Gasteiger partial charge in [0, 0.05) is 37.0 Å². The molecule has 3 N–H and O–H groups in total. The van der Waals surface area contributed by atoms with Crippen LogP contribution >= 0.6 is 0 Å². The molecule has 1 aromatic carbocycles. The largest absolute Gasteiger partial charge is 0.398 e. The standard InChI is InChI=1S/C13H18N4O3/c1-16(9-2-3-9)7-6-15-13(18)11-8-10(17(19)20)4-5-12(11)14/h4-5,8-9H,2-3,6-7,14H2,1H3,(H,15,18). The van der Waals surface area contributed by atoms with Crippen LogP contribution in [0.5, 0.6) is 0 Å². The Kier molecular flexibility index (Phi) is 4.19. The fourth-order valence-electron chi connectivity index (χ4n) is 1.99. The van der Waals surface area contributed by atoms with Crippen molar-refractivity contribution in [2.24, 2.45) is 0 Å². The average Bonchev–Trinajstić information content (AvgIpc) is 3.22. The maximum absolute atomic E-state index is 12.0. The van der Waals surface area contributed by atoms with Gasteiger partial charge in [0.05, 0.1) is 10.5 Å². The van der Waals surface area contributed by atoms with Gasteiger partial charge in [-0.05, 0) is 26.0 Å². The lowest BCUT2D eigenvalue weighted by atomic mass is 10.1. The number of carbonyl (C=O) groups excluding carboxylic acids is 1. The minimum Gasteiger partial charge on any atom is -0.398 e. The van der Waals surface area contributed by atoms with Gasteiger partial charge in [0.25, 0.3) is 11.6 Å². The third-order valence-electron chi connectivity index (χ3n) is 3.41. The van der Waals surface area contributed by atoms with Crippen molar-refractivity contribution < 1.29 is 9.72 Å². The molecule has 108 valence electrons. The first-order valence-corrected chi connectivity index (χ1v) is 6.51. The van der Waals surface area contributed by atoms with Crippen molar-refractivity contribution in [1.82, 2.24) is 10.2 Å². The van der Waals surface area contributed by atoms with E-state index in [1.54, 1.807) is 0 Å². The molecular weight excluding hydrogens is 260 g/mol. The van der Waals surface area contributed by atoms with Crippen LogP contribution in [0.4, 0.5) is 11.4 Å². The highest BCUT2D eigenvalue weighted by Crippen LogP contribution is 2.24. The molecule has 1 aliphatic carbocycles. The zero-order valence-corrected chi connectivity index (χ0v) is 11.3. The number of nitrogen functional groups attached to an aromatic ring is 1. The molecule has 0 aromatic heterocycles. The molecule has 0 saturated heterocycles. The van der Waals surface area contributed by atoms with E-state index in [0.29, 0.717) is 12.6 Å². The number of amides is 1. The molecule has 1 amide bonds. The van der Waals surface area contributed by atoms with E-state index < -0.39 is 4.92 Å². The number of hydrogen-bond donors (Lipinski definition) is 2. The molecular formula is C13H18N4O3. The number of nitro benzene ring substituents is 1. The van der Waals surface area contributed by atoms with Gasteiger partial charge >= 0.3 is 0 Å². The van der Waals surface area contributed by atoms with Gasteiger partial charge in [-0.2, -0.15) is 0 Å². The summed E-state index contributed by atoms with van der Waals surface area (Å²) in [5.74, 6) is -0.379. The second-order valence-electron chi connectivity index (χ2n) is 5.00. The maximum atomic E-state index is 12.0. The Balaban J connectivity index is 1.93. The molecule has 0 heterocycles. The molecule has 0 spiro atoms. The molecule has 0 unspecified atom stereocenters. The van der Waals surface area contributed by atoms with Crippen LogP contribution in [-0.4, -0.2) is 41.9 Å². The van der Waals surface area contributed by atoms with Gasteiger partial charge in [0.2, 0.25) is 0 Å². The monoisotopic (exact) mass is 278 g/mol. The fraction of sp³-hybridized carbons (Fsp3) is 0.462. The van der Waals surface area contributed by atoms with Crippen LogP contribution in [0.1, 0.15) is 23.2 Å². The Morgan fingerprint density at radius 2 is 2.25 bits per heavy atom. The van der Waals surface area contributed by atoms with E-state index in [9.17, 15) is 14.9 Å². The van der Waals surface area contributed by atoms with E-state index >= 15 is 0 Å². The topological polar surface area (TPSA) is 102 Å². The summed E-state index contributed by atoms with van der Waals surface area (Å²) in [6.07, 6.45) is 2.42. The van der Waals surface area contributed by atoms with Gasteiger partial charge in [0.15, 0.2) is 0 Å². The van der Waals surface area contributed by atoms with Crippen LogP contribution < -0.4 is 11.1 Å². The van der Waals surface area contributed by atoms with Crippen LogP contribution in [0.2, 0.25) is 0 Å². The highest BCUT2D eigenvalue weighted by atomic mass is 16.6. The Labute approximate surface area is 116 Å². The third-order valence-corrected chi connectivity index (χ3v) is 3.41. The van der Waals surface area contributed by atoms with Crippen molar-refractivity contribution in [1.29, 1.82) is 0 Å². The highest BCUT2D eigenvalue weighted by Gasteiger charge is 2.25. The summed E-state index contributed by atoms with van der Waals surface area (Å²) in [4.78, 5) is 24.3. The van der Waals surface area contributed by atoms with Crippen LogP contribution in [0, 0.1) is 10.1 Å². The zero-order chi connectivity index (χ0) is 14.7. The molecule has 7 nitrogen and oxygen atoms in total. The molecule has 0 aliphatic heterocycles. The van der Waals surface area contributed by atoms with Crippen molar-refractivity contribution in [2.75, 3.05) is 25.9 Å². The molecule has 1 aliphatic rings. The molecule has 1 saturated carbocycles. The van der Waals surface area contributed by atoms with E-state index in [1.165, 1.54) is 31.0 Å². The van der Waals surface area contributed by atoms with Crippen molar-refractivity contribution in [3.8, 4) is 0 Å². The molecule has 20 heavy (non-hydrogen) atoms. The quantitative estimate of drug-likeness (QED) is 0.459. The number of carbonyl (C=O) groups is 1. The molecule has 0 radical (unpaired) electrons. The maximum Gasteiger partial charge on any atom is 0.270 e. The highest BCUT2D eigenvalue weighted by molar-refractivity contribution is 5.99. The van der Waals surface area contributed by atoms with Crippen molar-refractivity contribution in [2.45, 2.75) is 18.9 Å². The van der Waals surface area contributed by atoms with E-state index in [-0.39, 0.29) is 22.8 Å². The van der Waals surface area contributed by atoms with Crippen molar-refractivity contribution >= 4 is 17.3 Å². The number of non-ortho nitro benzene ring substituents is 1. The number of anilines is 1. The number of hydrogen-bond acceptors (Lipinski definition) is 5. The van der Waals surface area contributed by atoms with Gasteiger partial charge in [-0.25, -0.2) is 0 Å². The molecule has 1 aromatic rings. The predicted molar refractivity (Wildman–Crippen MR) is 75.5 cm³/mol. The number of nitrogens with two attached hydrogens (primary N) is 1. The van der Waals surface area contributed by atoms with Gasteiger partial charge in [-0.1, -0.05) is 0 Å². The first-order valence-electron chi connectivity index (χ1n) is 6.51. The summed E-state index contributed by atoms with van der Waals surface area (Å²) in [5, 5.41) is 13.4. The number of benzene rings is 1. The van der Waals surface area contributed by atoms with Gasteiger partial charge < -0.3 is 16.0 Å². The summed E-state index contributed by atoms with van der Waals surface area (Å²) in [6.45, 7) is 1.25. The SMILES string of the molecule is CN(CCNC(=O)c1cc([N+](=O)[O-])ccc1N)C1CC1. The number of nitro groups is 1. The van der Waals surface area contributed by atoms with Gasteiger partial charge in [-0.15, -0.1) is 0 Å². The first kappa shape index (κ1) is 14.3. The molecule has 0 atom stereocenters.